The number of hydrogen-bond donors (Lipinski definition) is 1. The molecule has 0 aliphatic rings. The second-order valence-electron chi connectivity index (χ2n) is 4.43. The third kappa shape index (κ3) is 2.84. The van der Waals surface area contributed by atoms with E-state index >= 15 is 0 Å². The van der Waals surface area contributed by atoms with Crippen LogP contribution in [0.15, 0.2) is 15.9 Å². The molecule has 0 bridgehead atoms. The topological polar surface area (TPSA) is 38.0 Å². The Bertz CT molecular complexity index is 528. The summed E-state index contributed by atoms with van der Waals surface area (Å²) >= 11 is 5.09. The van der Waals surface area contributed by atoms with Gasteiger partial charge < -0.3 is 5.11 Å². The van der Waals surface area contributed by atoms with Gasteiger partial charge in [-0.1, -0.05) is 6.92 Å². The van der Waals surface area contributed by atoms with E-state index in [2.05, 4.69) is 34.0 Å². The number of nitrogens with zero attached hydrogens (tertiary/aromatic N) is 2. The molecule has 3 nitrogen and oxygen atoms in total. The molecule has 98 valence electrons. The van der Waals surface area contributed by atoms with Crippen LogP contribution in [0.5, 0.6) is 0 Å². The molecule has 18 heavy (non-hydrogen) atoms. The van der Waals surface area contributed by atoms with Gasteiger partial charge in [0.1, 0.15) is 0 Å². The zero-order valence-electron chi connectivity index (χ0n) is 10.8. The SMILES string of the molecule is CCc1cc(CC(O)c2cc(C)c(Br)s2)n(C)n1. The van der Waals surface area contributed by atoms with Gasteiger partial charge in [-0.05, 0) is 47.0 Å². The first-order chi connectivity index (χ1) is 8.51. The molecule has 2 aromatic rings. The smallest absolute Gasteiger partial charge is 0.0937 e. The maximum atomic E-state index is 10.3. The van der Waals surface area contributed by atoms with Crippen LogP contribution >= 0.6 is 27.3 Å². The quantitative estimate of drug-likeness (QED) is 0.934. The van der Waals surface area contributed by atoms with E-state index in [1.54, 1.807) is 11.3 Å². The molecule has 0 aliphatic carbocycles. The maximum absolute atomic E-state index is 10.3. The minimum Gasteiger partial charge on any atom is -0.387 e. The summed E-state index contributed by atoms with van der Waals surface area (Å²) in [4.78, 5) is 0.999. The summed E-state index contributed by atoms with van der Waals surface area (Å²) in [5.41, 5.74) is 3.32. The van der Waals surface area contributed by atoms with Crippen molar-refractivity contribution in [2.75, 3.05) is 0 Å². The molecule has 5 heteroatoms. The predicted molar refractivity (Wildman–Crippen MR) is 78.0 cm³/mol. The van der Waals surface area contributed by atoms with Gasteiger partial charge in [0.05, 0.1) is 15.6 Å². The van der Waals surface area contributed by atoms with E-state index in [0.29, 0.717) is 6.42 Å². The maximum Gasteiger partial charge on any atom is 0.0937 e. The molecular formula is C13H17BrN2OS. The van der Waals surface area contributed by atoms with Crippen LogP contribution in [0, 0.1) is 6.92 Å². The van der Waals surface area contributed by atoms with Crippen LogP contribution in [-0.4, -0.2) is 14.9 Å². The second kappa shape index (κ2) is 5.55. The molecule has 0 fully saturated rings. The van der Waals surface area contributed by atoms with Gasteiger partial charge in [-0.2, -0.15) is 5.10 Å². The van der Waals surface area contributed by atoms with Crippen LogP contribution in [-0.2, 0) is 19.9 Å². The van der Waals surface area contributed by atoms with Crippen LogP contribution in [0.2, 0.25) is 0 Å². The van der Waals surface area contributed by atoms with E-state index < -0.39 is 6.10 Å². The van der Waals surface area contributed by atoms with Crippen LogP contribution in [0.3, 0.4) is 0 Å². The summed E-state index contributed by atoms with van der Waals surface area (Å²) in [5.74, 6) is 0. The molecule has 1 unspecified atom stereocenters. The van der Waals surface area contributed by atoms with E-state index in [4.69, 9.17) is 0 Å². The van der Waals surface area contributed by atoms with E-state index in [9.17, 15) is 5.11 Å². The average Bonchev–Trinajstić information content (AvgIpc) is 2.84. The molecule has 0 aliphatic heterocycles. The Kier molecular flexibility index (Phi) is 4.25. The summed E-state index contributed by atoms with van der Waals surface area (Å²) in [7, 11) is 1.93. The Hall–Kier alpha value is -0.650. The van der Waals surface area contributed by atoms with Crippen LogP contribution < -0.4 is 0 Å². The van der Waals surface area contributed by atoms with Gasteiger partial charge >= 0.3 is 0 Å². The van der Waals surface area contributed by atoms with Crippen molar-refractivity contribution in [2.24, 2.45) is 7.05 Å². The lowest BCUT2D eigenvalue weighted by molar-refractivity contribution is 0.179. The summed E-state index contributed by atoms with van der Waals surface area (Å²) in [6.45, 7) is 4.12. The Morgan fingerprint density at radius 2 is 2.22 bits per heavy atom. The minimum atomic E-state index is -0.458. The number of thiophene rings is 1. The zero-order chi connectivity index (χ0) is 13.3. The Balaban J connectivity index is 2.15. The van der Waals surface area contributed by atoms with E-state index in [-0.39, 0.29) is 0 Å². The van der Waals surface area contributed by atoms with Crippen LogP contribution in [0.4, 0.5) is 0 Å². The number of aliphatic hydroxyl groups excluding tert-OH is 1. The molecule has 2 aromatic heterocycles. The molecule has 0 radical (unpaired) electrons. The number of hydrogen-bond acceptors (Lipinski definition) is 3. The van der Waals surface area contributed by atoms with Gasteiger partial charge in [0.15, 0.2) is 0 Å². The highest BCUT2D eigenvalue weighted by Gasteiger charge is 2.15. The molecule has 2 rings (SSSR count). The van der Waals surface area contributed by atoms with Gasteiger partial charge in [-0.15, -0.1) is 11.3 Å². The third-order valence-electron chi connectivity index (χ3n) is 3.00. The van der Waals surface area contributed by atoms with Gasteiger partial charge in [0.2, 0.25) is 0 Å². The van der Waals surface area contributed by atoms with Crippen molar-refractivity contribution >= 4 is 27.3 Å². The molecular weight excluding hydrogens is 312 g/mol. The van der Waals surface area contributed by atoms with Crippen molar-refractivity contribution in [1.82, 2.24) is 9.78 Å². The summed E-state index contributed by atoms with van der Waals surface area (Å²) in [5, 5.41) is 14.7. The molecule has 0 spiro atoms. The van der Waals surface area contributed by atoms with E-state index in [1.807, 2.05) is 24.7 Å². The van der Waals surface area contributed by atoms with Crippen molar-refractivity contribution < 1.29 is 5.11 Å². The fraction of sp³-hybridized carbons (Fsp3) is 0.462. The average molecular weight is 329 g/mol. The molecule has 1 N–H and O–H groups in total. The van der Waals surface area contributed by atoms with E-state index in [1.165, 1.54) is 5.56 Å². The summed E-state index contributed by atoms with van der Waals surface area (Å²) in [6.07, 6.45) is 1.07. The minimum absolute atomic E-state index is 0.458. The van der Waals surface area contributed by atoms with Gasteiger partial charge in [0.25, 0.3) is 0 Å². The number of rotatable bonds is 4. The summed E-state index contributed by atoms with van der Waals surface area (Å²) < 4.78 is 2.95. The van der Waals surface area contributed by atoms with Crippen molar-refractivity contribution in [3.05, 3.63) is 37.7 Å². The lowest BCUT2D eigenvalue weighted by atomic mass is 10.1. The molecule has 0 saturated carbocycles. The Labute approximate surface area is 120 Å². The van der Waals surface area contributed by atoms with Crippen LogP contribution in [0.1, 0.15) is 34.9 Å². The van der Waals surface area contributed by atoms with Crippen LogP contribution in [0.25, 0.3) is 0 Å². The number of aliphatic hydroxyl groups is 1. The van der Waals surface area contributed by atoms with E-state index in [0.717, 1.165) is 26.5 Å². The standard InChI is InChI=1S/C13H17BrN2OS/c1-4-9-6-10(16(3)15-9)7-11(17)12-5-8(2)13(14)18-12/h5-6,11,17H,4,7H2,1-3H3. The molecule has 0 amide bonds. The first-order valence-electron chi connectivity index (χ1n) is 5.97. The van der Waals surface area contributed by atoms with Crippen molar-refractivity contribution in [2.45, 2.75) is 32.8 Å². The zero-order valence-corrected chi connectivity index (χ0v) is 13.2. The monoisotopic (exact) mass is 328 g/mol. The number of aryl methyl sites for hydroxylation is 3. The highest BCUT2D eigenvalue weighted by molar-refractivity contribution is 9.11. The van der Waals surface area contributed by atoms with Gasteiger partial charge in [0, 0.05) is 24.0 Å². The molecule has 2 heterocycles. The second-order valence-corrected chi connectivity index (χ2v) is 6.83. The molecule has 0 aromatic carbocycles. The fourth-order valence-electron chi connectivity index (χ4n) is 1.88. The van der Waals surface area contributed by atoms with Crippen molar-refractivity contribution in [1.29, 1.82) is 0 Å². The largest absolute Gasteiger partial charge is 0.387 e. The molecule has 0 saturated heterocycles. The highest BCUT2D eigenvalue weighted by atomic mass is 79.9. The lowest BCUT2D eigenvalue weighted by Crippen LogP contribution is -2.05. The number of halogens is 1. The predicted octanol–water partition coefficient (Wildman–Crippen LogP) is 3.39. The molecule has 1 atom stereocenters. The first-order valence-corrected chi connectivity index (χ1v) is 7.58. The summed E-state index contributed by atoms with van der Waals surface area (Å²) in [6, 6.07) is 4.11. The van der Waals surface area contributed by atoms with Gasteiger partial charge in [-0.3, -0.25) is 4.68 Å². The number of aromatic nitrogens is 2. The first kappa shape index (κ1) is 13.8. The third-order valence-corrected chi connectivity index (χ3v) is 5.23. The Morgan fingerprint density at radius 3 is 2.72 bits per heavy atom. The highest BCUT2D eigenvalue weighted by Crippen LogP contribution is 2.32. The lowest BCUT2D eigenvalue weighted by Gasteiger charge is -2.08. The van der Waals surface area contributed by atoms with Crippen molar-refractivity contribution in [3.8, 4) is 0 Å². The van der Waals surface area contributed by atoms with Crippen molar-refractivity contribution in [3.63, 3.8) is 0 Å². The Morgan fingerprint density at radius 1 is 1.50 bits per heavy atom. The normalized spacial score (nSPS) is 12.9. The fourth-order valence-corrected chi connectivity index (χ4v) is 3.44. The van der Waals surface area contributed by atoms with Gasteiger partial charge in [-0.25, -0.2) is 0 Å².